The van der Waals surface area contributed by atoms with Crippen molar-refractivity contribution in [1.29, 1.82) is 0 Å². The molecule has 5 nitrogen and oxygen atoms in total. The molecule has 7 atom stereocenters. The zero-order chi connectivity index (χ0) is 23.4. The molecule has 3 aliphatic carbocycles. The quantitative estimate of drug-likeness (QED) is 0.731. The van der Waals surface area contributed by atoms with Gasteiger partial charge in [0.15, 0.2) is 0 Å². The third-order valence-corrected chi connectivity index (χ3v) is 10.0. The molecule has 1 aliphatic heterocycles. The Morgan fingerprint density at radius 1 is 1.15 bits per heavy atom. The lowest BCUT2D eigenvalue weighted by Crippen LogP contribution is -2.59. The van der Waals surface area contributed by atoms with E-state index >= 15 is 0 Å². The van der Waals surface area contributed by atoms with Crippen molar-refractivity contribution in [3.63, 3.8) is 0 Å². The van der Waals surface area contributed by atoms with Crippen molar-refractivity contribution in [3.8, 4) is 5.75 Å². The summed E-state index contributed by atoms with van der Waals surface area (Å²) in [6.45, 7) is 5.31. The predicted molar refractivity (Wildman–Crippen MR) is 128 cm³/mol. The first-order valence-electron chi connectivity index (χ1n) is 12.6. The number of ether oxygens (including phenoxy) is 1. The van der Waals surface area contributed by atoms with Gasteiger partial charge in [-0.3, -0.25) is 9.59 Å². The Balaban J connectivity index is 1.31. The number of rotatable bonds is 4. The molecule has 3 saturated carbocycles. The van der Waals surface area contributed by atoms with Crippen molar-refractivity contribution in [2.24, 2.45) is 34.5 Å². The normalized spacial score (nSPS) is 39.5. The molecule has 1 aromatic carbocycles. The Bertz CT molecular complexity index is 974. The maximum atomic E-state index is 13.4. The average molecular weight is 451 g/mol. The zero-order valence-electron chi connectivity index (χ0n) is 20.5. The number of carbonyl (C=O) groups is 2. The van der Waals surface area contributed by atoms with Crippen LogP contribution in [0.4, 0.5) is 0 Å². The number of carbonyl (C=O) groups excluding carboxylic acids is 2. The lowest BCUT2D eigenvalue weighted by molar-refractivity contribution is -0.142. The number of hydrogen-bond acceptors (Lipinski definition) is 3. The molecule has 0 aromatic heterocycles. The smallest absolute Gasteiger partial charge is 0.246 e. The molecule has 0 spiro atoms. The molecule has 4 aliphatic rings. The van der Waals surface area contributed by atoms with Gasteiger partial charge in [0.25, 0.3) is 0 Å². The van der Waals surface area contributed by atoms with E-state index < -0.39 is 0 Å². The van der Waals surface area contributed by atoms with Crippen LogP contribution in [0.15, 0.2) is 36.4 Å². The molecule has 33 heavy (non-hydrogen) atoms. The summed E-state index contributed by atoms with van der Waals surface area (Å²) in [5.41, 5.74) is 1.20. The van der Waals surface area contributed by atoms with Gasteiger partial charge < -0.3 is 15.0 Å². The van der Waals surface area contributed by atoms with Gasteiger partial charge >= 0.3 is 0 Å². The Morgan fingerprint density at radius 2 is 1.97 bits per heavy atom. The van der Waals surface area contributed by atoms with Gasteiger partial charge in [0.1, 0.15) is 5.75 Å². The molecule has 1 N–H and O–H groups in total. The average Bonchev–Trinajstić information content (AvgIpc) is 3.17. The van der Waals surface area contributed by atoms with Crippen molar-refractivity contribution in [3.05, 3.63) is 42.0 Å². The van der Waals surface area contributed by atoms with Gasteiger partial charge in [-0.2, -0.15) is 0 Å². The number of methoxy groups -OCH3 is 1. The van der Waals surface area contributed by atoms with Crippen LogP contribution >= 0.6 is 0 Å². The van der Waals surface area contributed by atoms with Crippen LogP contribution in [0.2, 0.25) is 0 Å². The highest BCUT2D eigenvalue weighted by atomic mass is 16.5. The fraction of sp³-hybridized carbons (Fsp3) is 0.643. The molecule has 178 valence electrons. The van der Waals surface area contributed by atoms with Crippen LogP contribution in [0.5, 0.6) is 5.75 Å². The van der Waals surface area contributed by atoms with E-state index in [2.05, 4.69) is 25.2 Å². The molecule has 1 heterocycles. The first-order chi connectivity index (χ1) is 15.8. The number of likely N-dealkylation sites (N-methyl/N-ethyl adjacent to an activating group) is 1. The number of nitrogens with one attached hydrogen (secondary N) is 1. The minimum atomic E-state index is 0.0552. The molecule has 0 bridgehead atoms. The van der Waals surface area contributed by atoms with Gasteiger partial charge in [-0.05, 0) is 85.5 Å². The molecule has 5 heteroatoms. The molecule has 0 saturated heterocycles. The second-order valence-corrected chi connectivity index (χ2v) is 11.4. The van der Waals surface area contributed by atoms with Crippen molar-refractivity contribution in [2.45, 2.75) is 65.0 Å². The van der Waals surface area contributed by atoms with E-state index in [1.807, 2.05) is 36.2 Å². The van der Waals surface area contributed by atoms with E-state index in [4.69, 9.17) is 4.74 Å². The maximum absolute atomic E-state index is 13.4. The van der Waals surface area contributed by atoms with Gasteiger partial charge in [0.2, 0.25) is 11.8 Å². The lowest BCUT2D eigenvalue weighted by atomic mass is 9.47. The number of hydrogen-bond donors (Lipinski definition) is 1. The van der Waals surface area contributed by atoms with E-state index in [-0.39, 0.29) is 28.6 Å². The van der Waals surface area contributed by atoms with Gasteiger partial charge in [0, 0.05) is 31.0 Å². The number of nitrogens with zero attached hydrogens (tertiary/aromatic N) is 1. The molecule has 2 amide bonds. The molecule has 2 unspecified atom stereocenters. The van der Waals surface area contributed by atoms with Gasteiger partial charge in [0.05, 0.1) is 7.11 Å². The summed E-state index contributed by atoms with van der Waals surface area (Å²) in [5, 5.41) is 3.24. The topological polar surface area (TPSA) is 58.6 Å². The van der Waals surface area contributed by atoms with E-state index in [1.54, 1.807) is 13.2 Å². The van der Waals surface area contributed by atoms with Gasteiger partial charge in [-0.15, -0.1) is 0 Å². The monoisotopic (exact) mass is 450 g/mol. The van der Waals surface area contributed by atoms with Crippen molar-refractivity contribution >= 4 is 11.8 Å². The minimum Gasteiger partial charge on any atom is -0.497 e. The Morgan fingerprint density at radius 3 is 2.76 bits per heavy atom. The minimum absolute atomic E-state index is 0.0552. The maximum Gasteiger partial charge on any atom is 0.246 e. The summed E-state index contributed by atoms with van der Waals surface area (Å²) in [6, 6.07) is 8.23. The highest BCUT2D eigenvalue weighted by molar-refractivity contribution is 5.89. The van der Waals surface area contributed by atoms with Crippen LogP contribution in [0.3, 0.4) is 0 Å². The van der Waals surface area contributed by atoms with Crippen LogP contribution in [0.25, 0.3) is 0 Å². The Kier molecular flexibility index (Phi) is 5.57. The summed E-state index contributed by atoms with van der Waals surface area (Å²) in [7, 11) is 3.64. The van der Waals surface area contributed by atoms with Crippen LogP contribution in [0, 0.1) is 34.5 Å². The highest BCUT2D eigenvalue weighted by Gasteiger charge is 2.61. The Labute approximate surface area is 197 Å². The third kappa shape index (κ3) is 3.50. The third-order valence-electron chi connectivity index (χ3n) is 10.0. The van der Waals surface area contributed by atoms with E-state index in [0.717, 1.165) is 43.4 Å². The van der Waals surface area contributed by atoms with Crippen molar-refractivity contribution in [1.82, 2.24) is 10.2 Å². The first kappa shape index (κ1) is 22.5. The predicted octanol–water partition coefficient (Wildman–Crippen LogP) is 4.57. The second kappa shape index (κ2) is 8.18. The molecule has 3 fully saturated rings. The largest absolute Gasteiger partial charge is 0.497 e. The molecule has 0 radical (unpaired) electrons. The highest BCUT2D eigenvalue weighted by Crippen LogP contribution is 2.65. The van der Waals surface area contributed by atoms with E-state index in [0.29, 0.717) is 30.3 Å². The number of fused-ring (bicyclic) bond motifs is 5. The summed E-state index contributed by atoms with van der Waals surface area (Å²) in [6.07, 6.45) is 10.7. The molecule has 5 rings (SSSR count). The molecular weight excluding hydrogens is 412 g/mol. The van der Waals surface area contributed by atoms with Crippen LogP contribution < -0.4 is 10.1 Å². The van der Waals surface area contributed by atoms with Crippen molar-refractivity contribution < 1.29 is 14.3 Å². The number of amides is 2. The summed E-state index contributed by atoms with van der Waals surface area (Å²) in [4.78, 5) is 27.6. The fourth-order valence-electron chi connectivity index (χ4n) is 8.26. The summed E-state index contributed by atoms with van der Waals surface area (Å²) < 4.78 is 5.32. The summed E-state index contributed by atoms with van der Waals surface area (Å²) in [5.74, 6) is 3.10. The van der Waals surface area contributed by atoms with Crippen LogP contribution in [-0.2, 0) is 16.1 Å². The van der Waals surface area contributed by atoms with Crippen LogP contribution in [-0.4, -0.2) is 36.9 Å². The fourth-order valence-corrected chi connectivity index (χ4v) is 8.26. The molecular formula is C28H38N2O3. The van der Waals surface area contributed by atoms with E-state index in [1.165, 1.54) is 6.42 Å². The second-order valence-electron chi connectivity index (χ2n) is 11.4. The zero-order valence-corrected chi connectivity index (χ0v) is 20.5. The first-order valence-corrected chi connectivity index (χ1v) is 12.6. The van der Waals surface area contributed by atoms with Gasteiger partial charge in [-0.25, -0.2) is 0 Å². The Hall–Kier alpha value is -2.30. The summed E-state index contributed by atoms with van der Waals surface area (Å²) >= 11 is 0. The van der Waals surface area contributed by atoms with Crippen molar-refractivity contribution in [2.75, 3.05) is 14.2 Å². The standard InChI is InChI=1S/C28H38N2O3/c1-27-14-12-22-20(8-11-24-28(22,2)15-13-25(31)30(24)3)21(27)9-10-23(27)26(32)29-17-18-6-5-7-19(16-18)33-4/h5-7,13,15-16,20-24H,8-12,14,17H2,1-4H3,(H,29,32)/t20-,21-,22+,23?,24?,27-,28+/m0/s1. The van der Waals surface area contributed by atoms with Gasteiger partial charge in [-0.1, -0.05) is 32.1 Å². The van der Waals surface area contributed by atoms with E-state index in [9.17, 15) is 9.59 Å². The SMILES string of the molecule is COc1cccc(CNC(=O)C2CC[C@H]3[C@@H]4CCC5N(C)C(=O)C=C[C@]5(C)[C@@H]4CC[C@]23C)c1. The number of benzene rings is 1. The lowest BCUT2D eigenvalue weighted by Gasteiger charge is -2.60. The van der Waals surface area contributed by atoms with Crippen LogP contribution in [0.1, 0.15) is 57.9 Å². The molecule has 1 aromatic rings.